The molecular formula is C17H18ClN3O2. The third kappa shape index (κ3) is 4.47. The Morgan fingerprint density at radius 2 is 1.61 bits per heavy atom. The molecule has 0 spiro atoms. The number of halogens is 1. The molecule has 2 rings (SSSR count). The number of rotatable bonds is 3. The minimum atomic E-state index is -0.406. The lowest BCUT2D eigenvalue weighted by atomic mass is 10.1. The summed E-state index contributed by atoms with van der Waals surface area (Å²) in [6.07, 6.45) is 0. The zero-order chi connectivity index (χ0) is 16.8. The molecule has 0 aliphatic heterocycles. The molecule has 5 nitrogen and oxygen atoms in total. The number of benzene rings is 2. The second-order valence-corrected chi connectivity index (χ2v) is 5.53. The maximum atomic E-state index is 12.1. The van der Waals surface area contributed by atoms with Crippen molar-refractivity contribution in [2.24, 2.45) is 0 Å². The van der Waals surface area contributed by atoms with Crippen LogP contribution < -0.4 is 10.9 Å². The quantitative estimate of drug-likeness (QED) is 0.847. The Kier molecular flexibility index (Phi) is 5.60. The van der Waals surface area contributed by atoms with Gasteiger partial charge in [-0.05, 0) is 36.8 Å². The fourth-order valence-corrected chi connectivity index (χ4v) is 2.13. The van der Waals surface area contributed by atoms with Crippen molar-refractivity contribution >= 4 is 23.5 Å². The van der Waals surface area contributed by atoms with Crippen LogP contribution in [0.5, 0.6) is 0 Å². The third-order valence-corrected chi connectivity index (χ3v) is 3.82. The topological polar surface area (TPSA) is 61.4 Å². The molecule has 0 heterocycles. The summed E-state index contributed by atoms with van der Waals surface area (Å²) in [6.45, 7) is 1.89. The number of amides is 3. The fraction of sp³-hybridized carbons (Fsp3) is 0.176. The molecule has 0 saturated carbocycles. The van der Waals surface area contributed by atoms with Crippen LogP contribution >= 0.6 is 11.6 Å². The summed E-state index contributed by atoms with van der Waals surface area (Å²) in [7, 11) is 1.66. The molecule has 2 N–H and O–H groups in total. The SMILES string of the molecule is C[C@H](c1ccc(Cl)cc1)N(C)C(=O)NNC(=O)c1ccccc1. The zero-order valence-electron chi connectivity index (χ0n) is 12.9. The predicted octanol–water partition coefficient (Wildman–Crippen LogP) is 3.39. The molecule has 2 aromatic carbocycles. The van der Waals surface area contributed by atoms with Gasteiger partial charge in [0.1, 0.15) is 0 Å². The molecule has 6 heteroatoms. The molecule has 0 aliphatic carbocycles. The van der Waals surface area contributed by atoms with Crippen LogP contribution in [0.15, 0.2) is 54.6 Å². The number of nitrogens with one attached hydrogen (secondary N) is 2. The Hall–Kier alpha value is -2.53. The van der Waals surface area contributed by atoms with Crippen LogP contribution in [0, 0.1) is 0 Å². The molecule has 0 saturated heterocycles. The highest BCUT2D eigenvalue weighted by atomic mass is 35.5. The van der Waals surface area contributed by atoms with Crippen LogP contribution in [0.3, 0.4) is 0 Å². The first-order chi connectivity index (χ1) is 11.0. The second-order valence-electron chi connectivity index (χ2n) is 5.09. The van der Waals surface area contributed by atoms with Gasteiger partial charge in [-0.2, -0.15) is 0 Å². The van der Waals surface area contributed by atoms with Gasteiger partial charge in [0.05, 0.1) is 6.04 Å². The maximum absolute atomic E-state index is 12.1. The van der Waals surface area contributed by atoms with Crippen molar-refractivity contribution in [3.05, 3.63) is 70.7 Å². The lowest BCUT2D eigenvalue weighted by Crippen LogP contribution is -2.48. The minimum Gasteiger partial charge on any atom is -0.320 e. The normalized spacial score (nSPS) is 11.4. The molecule has 120 valence electrons. The van der Waals surface area contributed by atoms with Gasteiger partial charge in [-0.3, -0.25) is 10.2 Å². The van der Waals surface area contributed by atoms with E-state index in [4.69, 9.17) is 11.6 Å². The lowest BCUT2D eigenvalue weighted by molar-refractivity contribution is 0.0929. The van der Waals surface area contributed by atoms with Crippen LogP contribution in [-0.2, 0) is 0 Å². The Labute approximate surface area is 140 Å². The van der Waals surface area contributed by atoms with E-state index in [-0.39, 0.29) is 11.9 Å². The molecule has 23 heavy (non-hydrogen) atoms. The largest absolute Gasteiger partial charge is 0.336 e. The number of nitrogens with zero attached hydrogens (tertiary/aromatic N) is 1. The number of hydrogen-bond donors (Lipinski definition) is 2. The van der Waals surface area contributed by atoms with Crippen molar-refractivity contribution in [2.75, 3.05) is 7.05 Å². The van der Waals surface area contributed by atoms with Gasteiger partial charge in [0.2, 0.25) is 0 Å². The maximum Gasteiger partial charge on any atom is 0.336 e. The molecule has 0 aliphatic rings. The third-order valence-electron chi connectivity index (χ3n) is 3.57. The number of hydrogen-bond acceptors (Lipinski definition) is 2. The first-order valence-corrected chi connectivity index (χ1v) is 7.50. The van der Waals surface area contributed by atoms with E-state index in [2.05, 4.69) is 10.9 Å². The van der Waals surface area contributed by atoms with Gasteiger partial charge in [-0.1, -0.05) is 41.9 Å². The Balaban J connectivity index is 1.92. The van der Waals surface area contributed by atoms with Crippen molar-refractivity contribution in [3.8, 4) is 0 Å². The monoisotopic (exact) mass is 331 g/mol. The molecule has 2 aromatic rings. The van der Waals surface area contributed by atoms with Crippen LogP contribution in [0.25, 0.3) is 0 Å². The van der Waals surface area contributed by atoms with Gasteiger partial charge in [0.15, 0.2) is 0 Å². The molecule has 0 unspecified atom stereocenters. The van der Waals surface area contributed by atoms with Crippen molar-refractivity contribution in [3.63, 3.8) is 0 Å². The highest BCUT2D eigenvalue weighted by molar-refractivity contribution is 6.30. The van der Waals surface area contributed by atoms with Gasteiger partial charge in [0, 0.05) is 17.6 Å². The Morgan fingerprint density at radius 3 is 2.22 bits per heavy atom. The van der Waals surface area contributed by atoms with Crippen LogP contribution in [0.2, 0.25) is 5.02 Å². The second kappa shape index (κ2) is 7.65. The van der Waals surface area contributed by atoms with Gasteiger partial charge >= 0.3 is 6.03 Å². The van der Waals surface area contributed by atoms with E-state index >= 15 is 0 Å². The summed E-state index contributed by atoms with van der Waals surface area (Å²) in [5.41, 5.74) is 6.22. The highest BCUT2D eigenvalue weighted by Crippen LogP contribution is 2.20. The molecule has 1 atom stereocenters. The fourth-order valence-electron chi connectivity index (χ4n) is 2.00. The summed E-state index contributed by atoms with van der Waals surface area (Å²) < 4.78 is 0. The summed E-state index contributed by atoms with van der Waals surface area (Å²) >= 11 is 5.86. The van der Waals surface area contributed by atoms with Crippen LogP contribution in [0.1, 0.15) is 28.9 Å². The first-order valence-electron chi connectivity index (χ1n) is 7.12. The summed E-state index contributed by atoms with van der Waals surface area (Å²) in [6, 6.07) is 15.4. The van der Waals surface area contributed by atoms with Gasteiger partial charge in [0.25, 0.3) is 5.91 Å². The van der Waals surface area contributed by atoms with E-state index in [0.29, 0.717) is 10.6 Å². The standard InChI is InChI=1S/C17H18ClN3O2/c1-12(13-8-10-15(18)11-9-13)21(2)17(23)20-19-16(22)14-6-4-3-5-7-14/h3-12H,1-2H3,(H,19,22)(H,20,23)/t12-/m1/s1. The van der Waals surface area contributed by atoms with E-state index in [1.165, 1.54) is 4.90 Å². The summed E-state index contributed by atoms with van der Waals surface area (Å²) in [4.78, 5) is 25.5. The van der Waals surface area contributed by atoms with Crippen LogP contribution in [-0.4, -0.2) is 23.9 Å². The number of hydrazine groups is 1. The van der Waals surface area contributed by atoms with Gasteiger partial charge in [-0.15, -0.1) is 0 Å². The van der Waals surface area contributed by atoms with Gasteiger partial charge < -0.3 is 4.90 Å². The van der Waals surface area contributed by atoms with E-state index in [0.717, 1.165) is 5.56 Å². The zero-order valence-corrected chi connectivity index (χ0v) is 13.7. The van der Waals surface area contributed by atoms with E-state index in [1.54, 1.807) is 43.4 Å². The smallest absolute Gasteiger partial charge is 0.320 e. The van der Waals surface area contributed by atoms with Crippen molar-refractivity contribution < 1.29 is 9.59 Å². The van der Waals surface area contributed by atoms with E-state index in [1.807, 2.05) is 25.1 Å². The number of carbonyl (C=O) groups is 2. The Bertz CT molecular complexity index is 674. The van der Waals surface area contributed by atoms with Crippen LogP contribution in [0.4, 0.5) is 4.79 Å². The predicted molar refractivity (Wildman–Crippen MR) is 90.1 cm³/mol. The summed E-state index contributed by atoms with van der Waals surface area (Å²) in [5, 5.41) is 0.642. The minimum absolute atomic E-state index is 0.166. The first kappa shape index (κ1) is 16.8. The van der Waals surface area contributed by atoms with Crippen molar-refractivity contribution in [1.82, 2.24) is 15.8 Å². The van der Waals surface area contributed by atoms with Crippen molar-refractivity contribution in [1.29, 1.82) is 0 Å². The number of carbonyl (C=O) groups excluding carboxylic acids is 2. The Morgan fingerprint density at radius 1 is 1.00 bits per heavy atom. The highest BCUT2D eigenvalue weighted by Gasteiger charge is 2.18. The van der Waals surface area contributed by atoms with E-state index < -0.39 is 6.03 Å². The van der Waals surface area contributed by atoms with Gasteiger partial charge in [-0.25, -0.2) is 10.2 Å². The number of urea groups is 1. The average molecular weight is 332 g/mol. The lowest BCUT2D eigenvalue weighted by Gasteiger charge is -2.25. The van der Waals surface area contributed by atoms with Crippen molar-refractivity contribution in [2.45, 2.75) is 13.0 Å². The molecule has 0 radical (unpaired) electrons. The molecule has 0 aromatic heterocycles. The molecular weight excluding hydrogens is 314 g/mol. The molecule has 0 fully saturated rings. The average Bonchev–Trinajstić information content (AvgIpc) is 2.59. The molecule has 3 amide bonds. The summed E-state index contributed by atoms with van der Waals surface area (Å²) in [5.74, 6) is -0.369. The molecule has 0 bridgehead atoms. The van der Waals surface area contributed by atoms with E-state index in [9.17, 15) is 9.59 Å².